The average Bonchev–Trinajstić information content (AvgIpc) is 3.60. The van der Waals surface area contributed by atoms with E-state index in [1.54, 1.807) is 11.0 Å². The van der Waals surface area contributed by atoms with E-state index < -0.39 is 35.7 Å². The number of nitrogens with zero attached hydrogens (tertiary/aromatic N) is 1. The lowest BCUT2D eigenvalue weighted by Crippen LogP contribution is -2.56. The van der Waals surface area contributed by atoms with Gasteiger partial charge in [0.1, 0.15) is 12.1 Å². The van der Waals surface area contributed by atoms with Crippen molar-refractivity contribution in [3.8, 4) is 22.3 Å². The van der Waals surface area contributed by atoms with Crippen molar-refractivity contribution in [2.75, 3.05) is 0 Å². The van der Waals surface area contributed by atoms with Crippen LogP contribution in [-0.4, -0.2) is 39.9 Å². The third-order valence-corrected chi connectivity index (χ3v) is 9.56. The van der Waals surface area contributed by atoms with Crippen LogP contribution in [-0.2, 0) is 39.9 Å². The number of nitrogens with one attached hydrogen (secondary N) is 1. The van der Waals surface area contributed by atoms with Gasteiger partial charge >= 0.3 is 12.1 Å². The normalized spacial score (nSPS) is 17.1. The number of rotatable bonds is 9. The van der Waals surface area contributed by atoms with E-state index in [9.17, 15) is 32.7 Å². The second-order valence-electron chi connectivity index (χ2n) is 12.8. The molecule has 1 saturated carbocycles. The van der Waals surface area contributed by atoms with Crippen molar-refractivity contribution in [2.24, 2.45) is 5.92 Å². The van der Waals surface area contributed by atoms with E-state index in [4.69, 9.17) is 0 Å². The van der Waals surface area contributed by atoms with Gasteiger partial charge in [0, 0.05) is 25.8 Å². The first-order chi connectivity index (χ1) is 23.0. The Labute approximate surface area is 277 Å². The van der Waals surface area contributed by atoms with Crippen molar-refractivity contribution < 1.29 is 32.7 Å². The molecule has 0 aromatic heterocycles. The number of halogens is 3. The van der Waals surface area contributed by atoms with Crippen LogP contribution in [0.25, 0.3) is 22.3 Å². The van der Waals surface area contributed by atoms with Gasteiger partial charge in [-0.05, 0) is 75.9 Å². The lowest BCUT2D eigenvalue weighted by atomic mass is 9.89. The maximum atomic E-state index is 13.8. The number of carboxylic acid groups (broad SMARTS) is 1. The zero-order valence-electron chi connectivity index (χ0n) is 26.4. The van der Waals surface area contributed by atoms with Crippen molar-refractivity contribution in [2.45, 2.75) is 69.8 Å². The number of fused-ring (bicyclic) bond motifs is 1. The first kappa shape index (κ1) is 33.0. The van der Waals surface area contributed by atoms with Gasteiger partial charge in [0.05, 0.1) is 5.56 Å². The number of alkyl halides is 3. The van der Waals surface area contributed by atoms with E-state index >= 15 is 0 Å². The van der Waals surface area contributed by atoms with Gasteiger partial charge in [0.15, 0.2) is 0 Å². The number of benzene rings is 4. The van der Waals surface area contributed by atoms with Crippen LogP contribution in [0, 0.1) is 5.92 Å². The van der Waals surface area contributed by atoms with Crippen molar-refractivity contribution >= 4 is 17.8 Å². The molecule has 48 heavy (non-hydrogen) atoms. The molecule has 6 nitrogen and oxygen atoms in total. The van der Waals surface area contributed by atoms with Crippen LogP contribution < -0.4 is 5.32 Å². The third-order valence-electron chi connectivity index (χ3n) is 9.56. The smallest absolute Gasteiger partial charge is 0.416 e. The van der Waals surface area contributed by atoms with E-state index in [0.717, 1.165) is 65.6 Å². The second-order valence-corrected chi connectivity index (χ2v) is 12.8. The molecule has 4 aromatic carbocycles. The highest BCUT2D eigenvalue weighted by Gasteiger charge is 2.37. The summed E-state index contributed by atoms with van der Waals surface area (Å²) in [5.74, 6) is -1.61. The predicted octanol–water partition coefficient (Wildman–Crippen LogP) is 7.69. The SMILES string of the molecule is O=C(N[C@@H](Cc1ccc(-c2ccccc2)cc1)C(=O)O)C1Cc2ccc(-c3ccc(C(F)(F)F)cc3)cc2CN1C(=O)CC1CCCC1. The highest BCUT2D eigenvalue weighted by atomic mass is 19.4. The van der Waals surface area contributed by atoms with Crippen LogP contribution in [0.3, 0.4) is 0 Å². The molecule has 1 aliphatic heterocycles. The topological polar surface area (TPSA) is 86.7 Å². The minimum Gasteiger partial charge on any atom is -0.480 e. The van der Waals surface area contributed by atoms with Crippen molar-refractivity contribution in [3.63, 3.8) is 0 Å². The Kier molecular flexibility index (Phi) is 9.66. The Morgan fingerprint density at radius 1 is 0.792 bits per heavy atom. The lowest BCUT2D eigenvalue weighted by Gasteiger charge is -2.37. The quantitative estimate of drug-likeness (QED) is 0.194. The monoisotopic (exact) mass is 654 g/mol. The first-order valence-corrected chi connectivity index (χ1v) is 16.3. The molecule has 2 atom stereocenters. The van der Waals surface area contributed by atoms with Gasteiger partial charge in [-0.25, -0.2) is 4.79 Å². The minimum absolute atomic E-state index is 0.0754. The van der Waals surface area contributed by atoms with Crippen LogP contribution >= 0.6 is 0 Å². The number of amides is 2. The molecule has 1 unspecified atom stereocenters. The maximum absolute atomic E-state index is 13.8. The molecule has 6 rings (SSSR count). The standard InChI is InChI=1S/C39H37F3N2O4/c40-39(41,42)33-18-16-29(17-19-33)30-14-15-31-23-35(44(24-32(31)22-30)36(45)21-25-6-4-5-7-25)37(46)43-34(38(47)48)20-26-10-12-28(13-11-26)27-8-2-1-3-9-27/h1-3,8-19,22,25,34-35H,4-7,20-21,23-24H2,(H,43,46)(H,47,48)/t34-,35?/m0/s1. The van der Waals surface area contributed by atoms with Gasteiger partial charge in [-0.15, -0.1) is 0 Å². The largest absolute Gasteiger partial charge is 0.480 e. The fourth-order valence-corrected chi connectivity index (χ4v) is 6.86. The van der Waals surface area contributed by atoms with Crippen LogP contribution in [0.2, 0.25) is 0 Å². The third kappa shape index (κ3) is 7.62. The molecule has 0 bridgehead atoms. The molecule has 0 saturated heterocycles. The maximum Gasteiger partial charge on any atom is 0.416 e. The van der Waals surface area contributed by atoms with E-state index in [-0.39, 0.29) is 31.2 Å². The van der Waals surface area contributed by atoms with Crippen LogP contribution in [0.1, 0.15) is 54.4 Å². The van der Waals surface area contributed by atoms with Crippen molar-refractivity contribution in [1.29, 1.82) is 0 Å². The van der Waals surface area contributed by atoms with Gasteiger partial charge in [-0.2, -0.15) is 13.2 Å². The summed E-state index contributed by atoms with van der Waals surface area (Å²) in [5, 5.41) is 12.8. The summed E-state index contributed by atoms with van der Waals surface area (Å²) in [7, 11) is 0. The summed E-state index contributed by atoms with van der Waals surface area (Å²) >= 11 is 0. The number of carbonyl (C=O) groups is 3. The zero-order valence-corrected chi connectivity index (χ0v) is 26.4. The molecule has 248 valence electrons. The van der Waals surface area contributed by atoms with Crippen molar-refractivity contribution in [3.05, 3.63) is 119 Å². The molecule has 1 heterocycles. The average molecular weight is 655 g/mol. The molecule has 9 heteroatoms. The van der Waals surface area contributed by atoms with Gasteiger partial charge in [0.2, 0.25) is 11.8 Å². The molecule has 4 aromatic rings. The number of hydrogen-bond acceptors (Lipinski definition) is 3. The summed E-state index contributed by atoms with van der Waals surface area (Å²) in [6, 6.07) is 25.7. The molecule has 2 amide bonds. The molecule has 1 fully saturated rings. The molecule has 1 aliphatic carbocycles. The van der Waals surface area contributed by atoms with Crippen LogP contribution in [0.15, 0.2) is 97.1 Å². The summed E-state index contributed by atoms with van der Waals surface area (Å²) in [6.45, 7) is 0.145. The highest BCUT2D eigenvalue weighted by Crippen LogP contribution is 2.34. The zero-order chi connectivity index (χ0) is 33.8. The highest BCUT2D eigenvalue weighted by molar-refractivity contribution is 5.91. The molecular formula is C39H37F3N2O4. The second kappa shape index (κ2) is 14.1. The molecular weight excluding hydrogens is 617 g/mol. The van der Waals surface area contributed by atoms with Gasteiger partial charge < -0.3 is 15.3 Å². The fraction of sp³-hybridized carbons (Fsp3) is 0.308. The predicted molar refractivity (Wildman–Crippen MR) is 177 cm³/mol. The molecule has 2 aliphatic rings. The number of aliphatic carboxylic acids is 1. The molecule has 0 spiro atoms. The Hall–Kier alpha value is -4.92. The fourth-order valence-electron chi connectivity index (χ4n) is 6.86. The molecule has 0 radical (unpaired) electrons. The van der Waals surface area contributed by atoms with E-state index in [1.165, 1.54) is 12.1 Å². The summed E-state index contributed by atoms with van der Waals surface area (Å²) in [5.41, 5.74) is 5.01. The molecule has 2 N–H and O–H groups in total. The Bertz CT molecular complexity index is 1770. The number of carbonyl (C=O) groups excluding carboxylic acids is 2. The summed E-state index contributed by atoms with van der Waals surface area (Å²) in [6.07, 6.45) is 0.186. The van der Waals surface area contributed by atoms with Gasteiger partial charge in [0.25, 0.3) is 0 Å². The first-order valence-electron chi connectivity index (χ1n) is 16.3. The van der Waals surface area contributed by atoms with Crippen LogP contribution in [0.5, 0.6) is 0 Å². The summed E-state index contributed by atoms with van der Waals surface area (Å²) in [4.78, 5) is 41.5. The minimum atomic E-state index is -4.43. The lowest BCUT2D eigenvalue weighted by molar-refractivity contribution is -0.145. The Morgan fingerprint density at radius 2 is 1.40 bits per heavy atom. The number of carboxylic acids is 1. The van der Waals surface area contributed by atoms with Crippen molar-refractivity contribution in [1.82, 2.24) is 10.2 Å². The van der Waals surface area contributed by atoms with Gasteiger partial charge in [-0.1, -0.05) is 91.7 Å². The van der Waals surface area contributed by atoms with Gasteiger partial charge in [-0.3, -0.25) is 9.59 Å². The summed E-state index contributed by atoms with van der Waals surface area (Å²) < 4.78 is 39.3. The van der Waals surface area contributed by atoms with Crippen LogP contribution in [0.4, 0.5) is 13.2 Å². The number of hydrogen-bond donors (Lipinski definition) is 2. The van der Waals surface area contributed by atoms with E-state index in [2.05, 4.69) is 5.32 Å². The van der Waals surface area contributed by atoms with E-state index in [1.807, 2.05) is 66.7 Å². The Balaban J connectivity index is 1.22. The Morgan fingerprint density at radius 3 is 2.04 bits per heavy atom. The van der Waals surface area contributed by atoms with E-state index in [0.29, 0.717) is 17.5 Å².